The Kier molecular flexibility index (Phi) is 6.17. The van der Waals surface area contributed by atoms with E-state index in [0.29, 0.717) is 19.4 Å². The summed E-state index contributed by atoms with van der Waals surface area (Å²) in [5.41, 5.74) is 5.52. The van der Waals surface area contributed by atoms with Crippen molar-refractivity contribution < 1.29 is 9.53 Å². The number of rotatable bonds is 5. The van der Waals surface area contributed by atoms with Gasteiger partial charge in [-0.2, -0.15) is 0 Å². The third-order valence-electron chi connectivity index (χ3n) is 2.62. The first-order chi connectivity index (χ1) is 7.56. The molecule has 0 saturated heterocycles. The maximum absolute atomic E-state index is 11.7. The summed E-state index contributed by atoms with van der Waals surface area (Å²) in [6.45, 7) is 13.4. The van der Waals surface area contributed by atoms with Gasteiger partial charge in [-0.1, -0.05) is 41.5 Å². The van der Waals surface area contributed by atoms with Crippen LogP contribution in [-0.2, 0) is 9.53 Å². The van der Waals surface area contributed by atoms with Crippen molar-refractivity contribution in [2.24, 2.45) is 16.6 Å². The summed E-state index contributed by atoms with van der Waals surface area (Å²) >= 11 is 0. The fourth-order valence-electron chi connectivity index (χ4n) is 1.54. The van der Waals surface area contributed by atoms with Crippen LogP contribution in [0.5, 0.6) is 0 Å². The Morgan fingerprint density at radius 2 is 1.71 bits per heavy atom. The molecule has 17 heavy (non-hydrogen) atoms. The van der Waals surface area contributed by atoms with Gasteiger partial charge in [0, 0.05) is 6.42 Å². The second-order valence-corrected chi connectivity index (χ2v) is 7.00. The summed E-state index contributed by atoms with van der Waals surface area (Å²) in [5, 5.41) is 0. The van der Waals surface area contributed by atoms with Gasteiger partial charge in [-0.3, -0.25) is 4.79 Å². The molecular formula is C14H29NO2. The highest BCUT2D eigenvalue weighted by Crippen LogP contribution is 2.33. The number of hydrogen-bond acceptors (Lipinski definition) is 3. The Balaban J connectivity index is 4.46. The zero-order valence-electron chi connectivity index (χ0n) is 12.3. The van der Waals surface area contributed by atoms with Crippen LogP contribution >= 0.6 is 0 Å². The second kappa shape index (κ2) is 6.39. The van der Waals surface area contributed by atoms with Gasteiger partial charge in [-0.05, 0) is 30.2 Å². The second-order valence-electron chi connectivity index (χ2n) is 7.00. The number of carbonyl (C=O) groups excluding carboxylic acids is 1. The van der Waals surface area contributed by atoms with Gasteiger partial charge in [0.05, 0.1) is 0 Å². The minimum atomic E-state index is -0.125. The van der Waals surface area contributed by atoms with E-state index in [2.05, 4.69) is 41.5 Å². The summed E-state index contributed by atoms with van der Waals surface area (Å²) in [5.74, 6) is -0.125. The number of hydrogen-bond donors (Lipinski definition) is 1. The molecule has 0 aromatic carbocycles. The summed E-state index contributed by atoms with van der Waals surface area (Å²) in [4.78, 5) is 11.7. The smallest absolute Gasteiger partial charge is 0.306 e. The predicted molar refractivity (Wildman–Crippen MR) is 71.7 cm³/mol. The Morgan fingerprint density at radius 3 is 2.06 bits per heavy atom. The fourth-order valence-corrected chi connectivity index (χ4v) is 1.54. The quantitative estimate of drug-likeness (QED) is 0.755. The molecule has 3 nitrogen and oxygen atoms in total. The molecule has 0 aromatic heterocycles. The molecule has 0 heterocycles. The van der Waals surface area contributed by atoms with Gasteiger partial charge < -0.3 is 10.5 Å². The molecular weight excluding hydrogens is 214 g/mol. The summed E-state index contributed by atoms with van der Waals surface area (Å²) in [7, 11) is 0. The fraction of sp³-hybridized carbons (Fsp3) is 0.929. The van der Waals surface area contributed by atoms with Crippen molar-refractivity contribution in [2.75, 3.05) is 6.54 Å². The largest absolute Gasteiger partial charge is 0.462 e. The van der Waals surface area contributed by atoms with Gasteiger partial charge in [0.25, 0.3) is 0 Å². The van der Waals surface area contributed by atoms with Crippen LogP contribution < -0.4 is 5.73 Å². The molecule has 102 valence electrons. The van der Waals surface area contributed by atoms with Gasteiger partial charge in [-0.15, -0.1) is 0 Å². The van der Waals surface area contributed by atoms with Crippen molar-refractivity contribution in [1.82, 2.24) is 0 Å². The number of ether oxygens (including phenoxy) is 1. The lowest BCUT2D eigenvalue weighted by Crippen LogP contribution is -2.35. The highest BCUT2D eigenvalue weighted by atomic mass is 16.5. The van der Waals surface area contributed by atoms with Crippen molar-refractivity contribution in [3.05, 3.63) is 0 Å². The predicted octanol–water partition coefficient (Wildman–Crippen LogP) is 3.12. The minimum Gasteiger partial charge on any atom is -0.462 e. The van der Waals surface area contributed by atoms with Gasteiger partial charge >= 0.3 is 5.97 Å². The molecule has 0 spiro atoms. The molecule has 0 aliphatic carbocycles. The summed E-state index contributed by atoms with van der Waals surface area (Å²) in [6, 6.07) is 0. The van der Waals surface area contributed by atoms with E-state index in [1.54, 1.807) is 0 Å². The molecule has 0 saturated carbocycles. The monoisotopic (exact) mass is 243 g/mol. The van der Waals surface area contributed by atoms with Crippen molar-refractivity contribution in [2.45, 2.75) is 66.9 Å². The SMILES string of the molecule is CC(C)(C)CC(OC(=O)CCCN)C(C)(C)C. The van der Waals surface area contributed by atoms with Crippen LogP contribution in [0.1, 0.15) is 60.8 Å². The van der Waals surface area contributed by atoms with Crippen LogP contribution in [0.2, 0.25) is 0 Å². The lowest BCUT2D eigenvalue weighted by atomic mass is 9.78. The molecule has 0 aliphatic rings. The Bertz CT molecular complexity index is 236. The highest BCUT2D eigenvalue weighted by Gasteiger charge is 2.31. The molecule has 1 unspecified atom stereocenters. The first-order valence-electron chi connectivity index (χ1n) is 6.46. The maximum atomic E-state index is 11.7. The molecule has 0 rings (SSSR count). The molecule has 3 heteroatoms. The molecule has 1 atom stereocenters. The van der Waals surface area contributed by atoms with Crippen LogP contribution in [-0.4, -0.2) is 18.6 Å². The first-order valence-corrected chi connectivity index (χ1v) is 6.46. The molecule has 2 N–H and O–H groups in total. The highest BCUT2D eigenvalue weighted by molar-refractivity contribution is 5.69. The normalized spacial score (nSPS) is 14.5. The van der Waals surface area contributed by atoms with Crippen molar-refractivity contribution in [3.63, 3.8) is 0 Å². The van der Waals surface area contributed by atoms with E-state index in [1.165, 1.54) is 0 Å². The lowest BCUT2D eigenvalue weighted by molar-refractivity contribution is -0.156. The Hall–Kier alpha value is -0.570. The van der Waals surface area contributed by atoms with E-state index >= 15 is 0 Å². The van der Waals surface area contributed by atoms with Gasteiger partial charge in [0.1, 0.15) is 6.10 Å². The van der Waals surface area contributed by atoms with Gasteiger partial charge in [0.15, 0.2) is 0 Å². The molecule has 0 bridgehead atoms. The maximum Gasteiger partial charge on any atom is 0.306 e. The molecule has 0 aromatic rings. The van der Waals surface area contributed by atoms with Gasteiger partial charge in [-0.25, -0.2) is 0 Å². The number of esters is 1. The van der Waals surface area contributed by atoms with E-state index < -0.39 is 0 Å². The molecule has 0 aliphatic heterocycles. The van der Waals surface area contributed by atoms with Crippen molar-refractivity contribution in [3.8, 4) is 0 Å². The lowest BCUT2D eigenvalue weighted by Gasteiger charge is -2.35. The van der Waals surface area contributed by atoms with Crippen LogP contribution in [0.4, 0.5) is 0 Å². The van der Waals surface area contributed by atoms with E-state index in [4.69, 9.17) is 10.5 Å². The molecule has 0 amide bonds. The summed E-state index contributed by atoms with van der Waals surface area (Å²) < 4.78 is 5.60. The third-order valence-corrected chi connectivity index (χ3v) is 2.62. The standard InChI is InChI=1S/C14H29NO2/c1-13(2,3)10-11(14(4,5)6)17-12(16)8-7-9-15/h11H,7-10,15H2,1-6H3. The van der Waals surface area contributed by atoms with Crippen molar-refractivity contribution in [1.29, 1.82) is 0 Å². The Labute approximate surface area is 106 Å². The Morgan fingerprint density at radius 1 is 1.18 bits per heavy atom. The van der Waals surface area contributed by atoms with Crippen molar-refractivity contribution >= 4 is 5.97 Å². The van der Waals surface area contributed by atoms with Gasteiger partial charge in [0.2, 0.25) is 0 Å². The van der Waals surface area contributed by atoms with Crippen LogP contribution in [0.25, 0.3) is 0 Å². The minimum absolute atomic E-state index is 0.0222. The van der Waals surface area contributed by atoms with E-state index in [0.717, 1.165) is 6.42 Å². The van der Waals surface area contributed by atoms with E-state index in [1.807, 2.05) is 0 Å². The van der Waals surface area contributed by atoms with Crippen LogP contribution in [0.3, 0.4) is 0 Å². The number of carbonyl (C=O) groups is 1. The summed E-state index contributed by atoms with van der Waals surface area (Å²) in [6.07, 6.45) is 1.97. The zero-order valence-corrected chi connectivity index (χ0v) is 12.3. The van der Waals surface area contributed by atoms with E-state index in [9.17, 15) is 4.79 Å². The molecule has 0 radical (unpaired) electrons. The molecule has 0 fully saturated rings. The average molecular weight is 243 g/mol. The van der Waals surface area contributed by atoms with Crippen LogP contribution in [0, 0.1) is 10.8 Å². The zero-order chi connectivity index (χ0) is 13.7. The van der Waals surface area contributed by atoms with Crippen LogP contribution in [0.15, 0.2) is 0 Å². The topological polar surface area (TPSA) is 52.3 Å². The average Bonchev–Trinajstić information content (AvgIpc) is 2.10. The third kappa shape index (κ3) is 8.19. The number of nitrogens with two attached hydrogens (primary N) is 1. The first kappa shape index (κ1) is 16.4. The van der Waals surface area contributed by atoms with E-state index in [-0.39, 0.29) is 22.9 Å².